The maximum Gasteiger partial charge on any atom is 0.306 e. The third kappa shape index (κ3) is 3.53. The van der Waals surface area contributed by atoms with Crippen LogP contribution in [0.3, 0.4) is 0 Å². The summed E-state index contributed by atoms with van der Waals surface area (Å²) in [7, 11) is 1.31. The van der Waals surface area contributed by atoms with E-state index in [1.807, 2.05) is 0 Å². The molecule has 0 aromatic heterocycles. The van der Waals surface area contributed by atoms with Crippen LogP contribution >= 0.6 is 0 Å². The van der Waals surface area contributed by atoms with Crippen LogP contribution in [0.4, 0.5) is 5.69 Å². The molecule has 0 spiro atoms. The van der Waals surface area contributed by atoms with Crippen LogP contribution in [0.5, 0.6) is 0 Å². The average Bonchev–Trinajstić information content (AvgIpc) is 2.35. The van der Waals surface area contributed by atoms with Crippen LogP contribution < -0.4 is 5.73 Å². The number of benzene rings is 1. The number of nitro benzene ring substituents is 1. The van der Waals surface area contributed by atoms with E-state index in [4.69, 9.17) is 5.73 Å². The Hall–Kier alpha value is -1.95. The second-order valence-electron chi connectivity index (χ2n) is 3.56. The van der Waals surface area contributed by atoms with Crippen LogP contribution in [-0.4, -0.2) is 24.5 Å². The number of rotatable bonds is 5. The van der Waals surface area contributed by atoms with E-state index in [9.17, 15) is 14.9 Å². The summed E-state index contributed by atoms with van der Waals surface area (Å²) in [6, 6.07) is 6.02. The zero-order valence-electron chi connectivity index (χ0n) is 9.46. The highest BCUT2D eigenvalue weighted by Crippen LogP contribution is 2.21. The summed E-state index contributed by atoms with van der Waals surface area (Å²) >= 11 is 0. The van der Waals surface area contributed by atoms with Crippen LogP contribution in [0, 0.1) is 10.1 Å². The number of hydrogen-bond acceptors (Lipinski definition) is 5. The molecule has 92 valence electrons. The number of hydrogen-bond donors (Lipinski definition) is 1. The molecule has 17 heavy (non-hydrogen) atoms. The van der Waals surface area contributed by atoms with E-state index in [2.05, 4.69) is 4.74 Å². The molecule has 0 amide bonds. The van der Waals surface area contributed by atoms with Gasteiger partial charge in [-0.1, -0.05) is 12.1 Å². The highest BCUT2D eigenvalue weighted by atomic mass is 16.6. The molecular weight excluding hydrogens is 224 g/mol. The van der Waals surface area contributed by atoms with Crippen LogP contribution in [-0.2, 0) is 9.53 Å². The lowest BCUT2D eigenvalue weighted by Crippen LogP contribution is -2.17. The lowest BCUT2D eigenvalue weighted by atomic mass is 9.96. The van der Waals surface area contributed by atoms with Crippen molar-refractivity contribution in [1.82, 2.24) is 0 Å². The number of methoxy groups -OCH3 is 1. The van der Waals surface area contributed by atoms with Crippen molar-refractivity contribution in [3.05, 3.63) is 39.9 Å². The molecule has 0 bridgehead atoms. The largest absolute Gasteiger partial charge is 0.469 e. The van der Waals surface area contributed by atoms with Crippen molar-refractivity contribution in [2.45, 2.75) is 12.3 Å². The molecule has 2 N–H and O–H groups in total. The molecule has 1 unspecified atom stereocenters. The molecular formula is C11H14N2O4. The Morgan fingerprint density at radius 3 is 2.47 bits per heavy atom. The predicted octanol–water partition coefficient (Wildman–Crippen LogP) is 1.20. The van der Waals surface area contributed by atoms with Crippen molar-refractivity contribution < 1.29 is 14.5 Å². The standard InChI is InChI=1S/C11H14N2O4/c1-17-11(14)6-9(7-12)8-2-4-10(5-3-8)13(15)16/h2-5,9H,6-7,12H2,1H3. The van der Waals surface area contributed by atoms with Gasteiger partial charge < -0.3 is 10.5 Å². The summed E-state index contributed by atoms with van der Waals surface area (Å²) < 4.78 is 4.56. The molecule has 0 heterocycles. The summed E-state index contributed by atoms with van der Waals surface area (Å²) in [6.07, 6.45) is 0.171. The van der Waals surface area contributed by atoms with E-state index in [1.54, 1.807) is 12.1 Å². The van der Waals surface area contributed by atoms with Crippen molar-refractivity contribution in [2.75, 3.05) is 13.7 Å². The second-order valence-corrected chi connectivity index (χ2v) is 3.56. The molecule has 6 heteroatoms. The molecule has 0 saturated heterocycles. The number of esters is 1. The molecule has 0 saturated carbocycles. The van der Waals surface area contributed by atoms with Crippen molar-refractivity contribution in [1.29, 1.82) is 0 Å². The van der Waals surface area contributed by atoms with E-state index in [1.165, 1.54) is 19.2 Å². The van der Waals surface area contributed by atoms with Gasteiger partial charge in [0.2, 0.25) is 0 Å². The van der Waals surface area contributed by atoms with Crippen LogP contribution in [0.1, 0.15) is 17.9 Å². The molecule has 6 nitrogen and oxygen atoms in total. The fourth-order valence-electron chi connectivity index (χ4n) is 1.49. The number of nitrogens with zero attached hydrogens (tertiary/aromatic N) is 1. The first-order valence-corrected chi connectivity index (χ1v) is 5.09. The van der Waals surface area contributed by atoms with E-state index in [0.29, 0.717) is 0 Å². The number of carbonyl (C=O) groups is 1. The summed E-state index contributed by atoms with van der Waals surface area (Å²) in [5.41, 5.74) is 6.38. The highest BCUT2D eigenvalue weighted by Gasteiger charge is 2.16. The van der Waals surface area contributed by atoms with Crippen LogP contribution in [0.15, 0.2) is 24.3 Å². The maximum absolute atomic E-state index is 11.1. The van der Waals surface area contributed by atoms with Gasteiger partial charge >= 0.3 is 5.97 Å². The lowest BCUT2D eigenvalue weighted by molar-refractivity contribution is -0.384. The Bertz CT molecular complexity index is 402. The normalized spacial score (nSPS) is 11.9. The summed E-state index contributed by atoms with van der Waals surface area (Å²) in [6.45, 7) is 0.285. The second kappa shape index (κ2) is 5.95. The number of carbonyl (C=O) groups excluding carboxylic acids is 1. The van der Waals surface area contributed by atoms with Crippen molar-refractivity contribution >= 4 is 11.7 Å². The van der Waals surface area contributed by atoms with Gasteiger partial charge in [-0.3, -0.25) is 14.9 Å². The van der Waals surface area contributed by atoms with Gasteiger partial charge in [0.1, 0.15) is 0 Å². The van der Waals surface area contributed by atoms with Crippen molar-refractivity contribution in [2.24, 2.45) is 5.73 Å². The molecule has 1 rings (SSSR count). The van der Waals surface area contributed by atoms with Crippen molar-refractivity contribution in [3.63, 3.8) is 0 Å². The quantitative estimate of drug-likeness (QED) is 0.472. The SMILES string of the molecule is COC(=O)CC(CN)c1ccc([N+](=O)[O-])cc1. The van der Waals surface area contributed by atoms with E-state index < -0.39 is 4.92 Å². The van der Waals surface area contributed by atoms with Gasteiger partial charge in [-0.15, -0.1) is 0 Å². The minimum absolute atomic E-state index is 0.0163. The summed E-state index contributed by atoms with van der Waals surface area (Å²) in [4.78, 5) is 21.2. The maximum atomic E-state index is 11.1. The first kappa shape index (κ1) is 13.1. The Kier molecular flexibility index (Phi) is 4.59. The predicted molar refractivity (Wildman–Crippen MR) is 61.5 cm³/mol. The molecule has 0 radical (unpaired) electrons. The van der Waals surface area contributed by atoms with Crippen molar-refractivity contribution in [3.8, 4) is 0 Å². The monoisotopic (exact) mass is 238 g/mol. The smallest absolute Gasteiger partial charge is 0.306 e. The molecule has 1 atom stereocenters. The minimum atomic E-state index is -0.471. The molecule has 0 aliphatic rings. The Morgan fingerprint density at radius 1 is 1.47 bits per heavy atom. The fourth-order valence-corrected chi connectivity index (χ4v) is 1.49. The van der Waals surface area contributed by atoms with Crippen LogP contribution in [0.2, 0.25) is 0 Å². The van der Waals surface area contributed by atoms with E-state index >= 15 is 0 Å². The van der Waals surface area contributed by atoms with Crippen LogP contribution in [0.25, 0.3) is 0 Å². The third-order valence-corrected chi connectivity index (χ3v) is 2.50. The lowest BCUT2D eigenvalue weighted by Gasteiger charge is -2.13. The molecule has 1 aromatic rings. The van der Waals surface area contributed by atoms with Gasteiger partial charge in [-0.25, -0.2) is 0 Å². The molecule has 0 fully saturated rings. The number of nitrogens with two attached hydrogens (primary N) is 1. The summed E-state index contributed by atoms with van der Waals surface area (Å²) in [5.74, 6) is -0.526. The van der Waals surface area contributed by atoms with E-state index in [-0.39, 0.29) is 30.5 Å². The minimum Gasteiger partial charge on any atom is -0.469 e. The molecule has 0 aliphatic heterocycles. The Morgan fingerprint density at radius 2 is 2.06 bits per heavy atom. The zero-order chi connectivity index (χ0) is 12.8. The zero-order valence-corrected chi connectivity index (χ0v) is 9.46. The average molecular weight is 238 g/mol. The van der Waals surface area contributed by atoms with Gasteiger partial charge in [0.15, 0.2) is 0 Å². The van der Waals surface area contributed by atoms with Gasteiger partial charge in [0.25, 0.3) is 5.69 Å². The van der Waals surface area contributed by atoms with Gasteiger partial charge in [0.05, 0.1) is 18.5 Å². The first-order valence-electron chi connectivity index (χ1n) is 5.09. The Labute approximate surface area is 98.5 Å². The van der Waals surface area contributed by atoms with E-state index in [0.717, 1.165) is 5.56 Å². The van der Waals surface area contributed by atoms with Gasteiger partial charge in [-0.2, -0.15) is 0 Å². The number of non-ortho nitro benzene ring substituents is 1. The number of ether oxygens (including phenoxy) is 1. The number of nitro groups is 1. The topological polar surface area (TPSA) is 95.5 Å². The molecule has 1 aromatic carbocycles. The molecule has 0 aliphatic carbocycles. The first-order chi connectivity index (χ1) is 8.08. The summed E-state index contributed by atoms with van der Waals surface area (Å²) in [5, 5.41) is 10.5. The fraction of sp³-hybridized carbons (Fsp3) is 0.364. The Balaban J connectivity index is 2.82. The highest BCUT2D eigenvalue weighted by molar-refractivity contribution is 5.70. The van der Waals surface area contributed by atoms with Gasteiger partial charge in [0, 0.05) is 18.1 Å². The van der Waals surface area contributed by atoms with Gasteiger partial charge in [-0.05, 0) is 12.1 Å². The third-order valence-electron chi connectivity index (χ3n) is 2.50.